The van der Waals surface area contributed by atoms with Crippen molar-refractivity contribution < 1.29 is 19.4 Å². The number of aromatic amines is 1. The number of carboxylic acids is 1. The lowest BCUT2D eigenvalue weighted by Crippen LogP contribution is -2.00. The molecule has 0 bridgehead atoms. The number of carbonyl (C=O) groups is 2. The molecule has 0 saturated heterocycles. The van der Waals surface area contributed by atoms with Crippen molar-refractivity contribution in [2.75, 3.05) is 0 Å². The number of aryl methyl sites for hydroxylation is 1. The Balaban J connectivity index is 1.67. The number of halogens is 1. The number of imidazole rings is 1. The number of aromatic carboxylic acids is 1. The van der Waals surface area contributed by atoms with Crippen molar-refractivity contribution in [2.45, 2.75) is 13.8 Å². The SMILES string of the molecule is CC(=O)c1ccc(-c2cc3nc(Oc4ccc(C)c(C(=O)O)c4)[nH]c3cc2Cl)cc1. The van der Waals surface area contributed by atoms with Gasteiger partial charge < -0.3 is 14.8 Å². The highest BCUT2D eigenvalue weighted by Crippen LogP contribution is 2.33. The third-order valence-corrected chi connectivity index (χ3v) is 5.12. The second-order valence-electron chi connectivity index (χ2n) is 6.91. The fourth-order valence-corrected chi connectivity index (χ4v) is 3.44. The van der Waals surface area contributed by atoms with Gasteiger partial charge in [0.2, 0.25) is 0 Å². The monoisotopic (exact) mass is 420 g/mol. The molecule has 6 nitrogen and oxygen atoms in total. The Morgan fingerprint density at radius 2 is 1.80 bits per heavy atom. The number of Topliss-reactive ketones (excluding diaryl/α,β-unsaturated/α-hetero) is 1. The number of hydrogen-bond acceptors (Lipinski definition) is 4. The molecular weight excluding hydrogens is 404 g/mol. The van der Waals surface area contributed by atoms with Crippen LogP contribution in [0.1, 0.15) is 33.2 Å². The van der Waals surface area contributed by atoms with Gasteiger partial charge in [0.25, 0.3) is 6.01 Å². The summed E-state index contributed by atoms with van der Waals surface area (Å²) in [7, 11) is 0. The molecular formula is C23H17ClN2O4. The van der Waals surface area contributed by atoms with Crippen LogP contribution in [0.3, 0.4) is 0 Å². The van der Waals surface area contributed by atoms with E-state index in [1.54, 1.807) is 37.3 Å². The Kier molecular flexibility index (Phi) is 5.01. The van der Waals surface area contributed by atoms with Crippen LogP contribution >= 0.6 is 11.6 Å². The number of nitrogens with zero attached hydrogens (tertiary/aromatic N) is 1. The van der Waals surface area contributed by atoms with Crippen LogP contribution in [-0.2, 0) is 0 Å². The van der Waals surface area contributed by atoms with Gasteiger partial charge in [-0.05, 0) is 49.2 Å². The minimum absolute atomic E-state index is 0.000600. The average molecular weight is 421 g/mol. The summed E-state index contributed by atoms with van der Waals surface area (Å²) in [5, 5.41) is 9.80. The number of hydrogen-bond donors (Lipinski definition) is 2. The Labute approximate surface area is 177 Å². The number of H-pyrrole nitrogens is 1. The van der Waals surface area contributed by atoms with Crippen molar-refractivity contribution in [3.8, 4) is 22.9 Å². The van der Waals surface area contributed by atoms with E-state index in [-0.39, 0.29) is 17.4 Å². The Bertz CT molecular complexity index is 1290. The van der Waals surface area contributed by atoms with Crippen LogP contribution in [0.2, 0.25) is 5.02 Å². The molecule has 0 spiro atoms. The molecule has 1 heterocycles. The third-order valence-electron chi connectivity index (χ3n) is 4.81. The maximum absolute atomic E-state index is 11.5. The first-order chi connectivity index (χ1) is 14.3. The smallest absolute Gasteiger partial charge is 0.336 e. The molecule has 1 aromatic heterocycles. The molecule has 4 aromatic rings. The molecule has 0 saturated carbocycles. The van der Waals surface area contributed by atoms with Gasteiger partial charge in [0, 0.05) is 11.1 Å². The molecule has 0 amide bonds. The topological polar surface area (TPSA) is 92.3 Å². The number of ether oxygens (including phenoxy) is 1. The number of ketones is 1. The number of rotatable bonds is 5. The van der Waals surface area contributed by atoms with E-state index in [1.165, 1.54) is 13.0 Å². The minimum Gasteiger partial charge on any atom is -0.478 e. The molecule has 0 aliphatic heterocycles. The minimum atomic E-state index is -1.02. The lowest BCUT2D eigenvalue weighted by atomic mass is 10.0. The quantitative estimate of drug-likeness (QED) is 0.393. The lowest BCUT2D eigenvalue weighted by Gasteiger charge is -2.05. The molecule has 0 aliphatic rings. The van der Waals surface area contributed by atoms with E-state index in [0.29, 0.717) is 32.9 Å². The molecule has 7 heteroatoms. The summed E-state index contributed by atoms with van der Waals surface area (Å²) in [5.41, 5.74) is 4.41. The predicted molar refractivity (Wildman–Crippen MR) is 115 cm³/mol. The van der Waals surface area contributed by atoms with E-state index in [0.717, 1.165) is 11.1 Å². The zero-order valence-corrected chi connectivity index (χ0v) is 16.9. The maximum atomic E-state index is 11.5. The van der Waals surface area contributed by atoms with Gasteiger partial charge in [-0.3, -0.25) is 4.79 Å². The lowest BCUT2D eigenvalue weighted by molar-refractivity contribution is 0.0695. The number of nitrogens with one attached hydrogen (secondary N) is 1. The molecule has 2 N–H and O–H groups in total. The van der Waals surface area contributed by atoms with Gasteiger partial charge in [0.1, 0.15) is 5.75 Å². The van der Waals surface area contributed by atoms with Crippen LogP contribution in [0.25, 0.3) is 22.2 Å². The van der Waals surface area contributed by atoms with Crippen LogP contribution in [0.5, 0.6) is 11.8 Å². The molecule has 150 valence electrons. The van der Waals surface area contributed by atoms with Gasteiger partial charge >= 0.3 is 5.97 Å². The van der Waals surface area contributed by atoms with Gasteiger partial charge in [-0.2, -0.15) is 4.98 Å². The van der Waals surface area contributed by atoms with E-state index >= 15 is 0 Å². The van der Waals surface area contributed by atoms with Crippen LogP contribution in [0, 0.1) is 6.92 Å². The summed E-state index contributed by atoms with van der Waals surface area (Å²) in [6.45, 7) is 3.24. The highest BCUT2D eigenvalue weighted by atomic mass is 35.5. The number of aromatic nitrogens is 2. The number of carbonyl (C=O) groups excluding carboxylic acids is 1. The third kappa shape index (κ3) is 3.77. The summed E-state index contributed by atoms with van der Waals surface area (Å²) in [6, 6.07) is 15.8. The summed E-state index contributed by atoms with van der Waals surface area (Å²) in [6.07, 6.45) is 0. The zero-order chi connectivity index (χ0) is 21.4. The summed E-state index contributed by atoms with van der Waals surface area (Å²) < 4.78 is 5.73. The molecule has 3 aromatic carbocycles. The first-order valence-corrected chi connectivity index (χ1v) is 9.52. The van der Waals surface area contributed by atoms with Gasteiger partial charge in [-0.1, -0.05) is 41.9 Å². The first-order valence-electron chi connectivity index (χ1n) is 9.14. The molecule has 30 heavy (non-hydrogen) atoms. The van der Waals surface area contributed by atoms with E-state index < -0.39 is 5.97 Å². The van der Waals surface area contributed by atoms with E-state index in [9.17, 15) is 14.7 Å². The fraction of sp³-hybridized carbons (Fsp3) is 0.0870. The van der Waals surface area contributed by atoms with Crippen molar-refractivity contribution in [1.29, 1.82) is 0 Å². The average Bonchev–Trinajstić information content (AvgIpc) is 3.09. The van der Waals surface area contributed by atoms with Crippen molar-refractivity contribution in [3.05, 3.63) is 76.3 Å². The van der Waals surface area contributed by atoms with Crippen LogP contribution in [-0.4, -0.2) is 26.8 Å². The predicted octanol–water partition coefficient (Wildman–Crippen LogP) is 5.88. The molecule has 0 fully saturated rings. The van der Waals surface area contributed by atoms with Gasteiger partial charge in [-0.15, -0.1) is 0 Å². The molecule has 4 rings (SSSR count). The van der Waals surface area contributed by atoms with E-state index in [4.69, 9.17) is 16.3 Å². The standard InChI is InChI=1S/C23H17ClN2O4/c1-12-3-8-16(9-17(12)22(28)29)30-23-25-20-10-18(19(24)11-21(20)26-23)15-6-4-14(5-7-15)13(2)27/h3-11H,1-2H3,(H,25,26)(H,28,29). The van der Waals surface area contributed by atoms with E-state index in [2.05, 4.69) is 9.97 Å². The molecule has 0 aliphatic carbocycles. The first kappa shape index (κ1) is 19.7. The van der Waals surface area contributed by atoms with Crippen molar-refractivity contribution in [1.82, 2.24) is 9.97 Å². The maximum Gasteiger partial charge on any atom is 0.336 e. The summed E-state index contributed by atoms with van der Waals surface area (Å²) >= 11 is 6.46. The normalized spacial score (nSPS) is 10.9. The molecule has 0 atom stereocenters. The Hall–Kier alpha value is -3.64. The van der Waals surface area contributed by atoms with Crippen molar-refractivity contribution >= 4 is 34.4 Å². The summed E-state index contributed by atoms with van der Waals surface area (Å²) in [4.78, 5) is 30.3. The van der Waals surface area contributed by atoms with Gasteiger partial charge in [-0.25, -0.2) is 4.79 Å². The largest absolute Gasteiger partial charge is 0.478 e. The highest BCUT2D eigenvalue weighted by Gasteiger charge is 2.13. The number of carboxylic acid groups (broad SMARTS) is 1. The van der Waals surface area contributed by atoms with Crippen LogP contribution in [0.15, 0.2) is 54.6 Å². The van der Waals surface area contributed by atoms with Gasteiger partial charge in [0.15, 0.2) is 5.78 Å². The van der Waals surface area contributed by atoms with Crippen LogP contribution in [0.4, 0.5) is 0 Å². The summed E-state index contributed by atoms with van der Waals surface area (Å²) in [5.74, 6) is -0.655. The second kappa shape index (κ2) is 7.65. The van der Waals surface area contributed by atoms with Gasteiger partial charge in [0.05, 0.1) is 21.6 Å². The van der Waals surface area contributed by atoms with E-state index in [1.807, 2.05) is 18.2 Å². The second-order valence-corrected chi connectivity index (χ2v) is 7.32. The van der Waals surface area contributed by atoms with Crippen LogP contribution < -0.4 is 4.74 Å². The molecule has 0 radical (unpaired) electrons. The van der Waals surface area contributed by atoms with Crippen molar-refractivity contribution in [3.63, 3.8) is 0 Å². The number of fused-ring (bicyclic) bond motifs is 1. The fourth-order valence-electron chi connectivity index (χ4n) is 3.17. The highest BCUT2D eigenvalue weighted by molar-refractivity contribution is 6.34. The Morgan fingerprint density at radius 1 is 1.07 bits per heavy atom. The van der Waals surface area contributed by atoms with Crippen molar-refractivity contribution in [2.24, 2.45) is 0 Å². The Morgan fingerprint density at radius 3 is 2.47 bits per heavy atom. The number of benzene rings is 3. The zero-order valence-electron chi connectivity index (χ0n) is 16.2. The molecule has 0 unspecified atom stereocenters.